The molecule has 0 spiro atoms. The van der Waals surface area contributed by atoms with Gasteiger partial charge in [-0.25, -0.2) is 4.39 Å². The average Bonchev–Trinajstić information content (AvgIpc) is 2.52. The molecular formula is C18H18Br2FNO3. The second kappa shape index (κ2) is 9.20. The number of benzene rings is 2. The maximum absolute atomic E-state index is 13.7. The Morgan fingerprint density at radius 2 is 1.84 bits per heavy atom. The summed E-state index contributed by atoms with van der Waals surface area (Å²) in [4.78, 5) is 10.7. The molecule has 0 fully saturated rings. The molecule has 25 heavy (non-hydrogen) atoms. The quantitative estimate of drug-likeness (QED) is 0.539. The zero-order valence-electron chi connectivity index (χ0n) is 13.6. The summed E-state index contributed by atoms with van der Waals surface area (Å²) in [7, 11) is 0. The number of hydrogen-bond donors (Lipinski definition) is 2. The molecule has 0 unspecified atom stereocenters. The minimum Gasteiger partial charge on any atom is -0.487 e. The van der Waals surface area contributed by atoms with Gasteiger partial charge in [0.05, 0.1) is 8.95 Å². The van der Waals surface area contributed by atoms with Gasteiger partial charge in [0, 0.05) is 18.7 Å². The van der Waals surface area contributed by atoms with Gasteiger partial charge in [0.25, 0.3) is 0 Å². The molecule has 134 valence electrons. The lowest BCUT2D eigenvalue weighted by Crippen LogP contribution is -2.02. The Hall–Kier alpha value is -1.60. The summed E-state index contributed by atoms with van der Waals surface area (Å²) in [6.45, 7) is 2.86. The number of aryl methyl sites for hydroxylation is 1. The Bertz CT molecular complexity index is 745. The van der Waals surface area contributed by atoms with Gasteiger partial charge < -0.3 is 15.2 Å². The smallest absolute Gasteiger partial charge is 0.303 e. The summed E-state index contributed by atoms with van der Waals surface area (Å²) >= 11 is 6.89. The SMILES string of the molecule is CCNc1cc(F)cc(COc2c(Br)cc(CCC(=O)O)cc2Br)c1. The average molecular weight is 475 g/mol. The van der Waals surface area contributed by atoms with Crippen molar-refractivity contribution in [3.8, 4) is 5.75 Å². The first-order chi connectivity index (χ1) is 11.9. The Morgan fingerprint density at radius 3 is 2.44 bits per heavy atom. The largest absolute Gasteiger partial charge is 0.487 e. The second-order valence-electron chi connectivity index (χ2n) is 5.45. The van der Waals surface area contributed by atoms with E-state index in [1.165, 1.54) is 12.1 Å². The van der Waals surface area contributed by atoms with E-state index in [1.807, 2.05) is 25.1 Å². The lowest BCUT2D eigenvalue weighted by molar-refractivity contribution is -0.136. The standard InChI is InChI=1S/C18H18Br2FNO3/c1-2-22-14-6-12(5-13(21)9-14)10-25-18-15(19)7-11(8-16(18)20)3-4-17(23)24/h5-9,22H,2-4,10H2,1H3,(H,23,24). The summed E-state index contributed by atoms with van der Waals surface area (Å²) in [5, 5.41) is 11.9. The molecular weight excluding hydrogens is 457 g/mol. The molecule has 2 aromatic rings. The summed E-state index contributed by atoms with van der Waals surface area (Å²) in [6.07, 6.45) is 0.498. The molecule has 7 heteroatoms. The number of anilines is 1. The van der Waals surface area contributed by atoms with Crippen molar-refractivity contribution in [3.05, 3.63) is 56.2 Å². The Balaban J connectivity index is 2.11. The van der Waals surface area contributed by atoms with Crippen molar-refractivity contribution < 1.29 is 19.0 Å². The van der Waals surface area contributed by atoms with Crippen LogP contribution in [0.15, 0.2) is 39.3 Å². The van der Waals surface area contributed by atoms with E-state index in [0.717, 1.165) is 5.56 Å². The zero-order valence-corrected chi connectivity index (χ0v) is 16.8. The fourth-order valence-corrected chi connectivity index (χ4v) is 3.85. The van der Waals surface area contributed by atoms with Crippen molar-refractivity contribution in [2.75, 3.05) is 11.9 Å². The molecule has 0 amide bonds. The maximum Gasteiger partial charge on any atom is 0.303 e. The Kier molecular flexibility index (Phi) is 7.25. The van der Waals surface area contributed by atoms with Crippen LogP contribution in [0, 0.1) is 5.82 Å². The normalized spacial score (nSPS) is 10.6. The third-order valence-corrected chi connectivity index (χ3v) is 4.59. The number of carbonyl (C=O) groups is 1. The van der Waals surface area contributed by atoms with Crippen molar-refractivity contribution in [2.24, 2.45) is 0 Å². The van der Waals surface area contributed by atoms with Crippen molar-refractivity contribution in [2.45, 2.75) is 26.4 Å². The summed E-state index contributed by atoms with van der Waals surface area (Å²) in [5.74, 6) is -0.567. The molecule has 0 aliphatic rings. The van der Waals surface area contributed by atoms with Crippen LogP contribution in [-0.4, -0.2) is 17.6 Å². The molecule has 0 aromatic heterocycles. The number of hydrogen-bond acceptors (Lipinski definition) is 3. The molecule has 4 nitrogen and oxygen atoms in total. The van der Waals surface area contributed by atoms with Crippen LogP contribution < -0.4 is 10.1 Å². The predicted octanol–water partition coefficient (Wildman–Crippen LogP) is 5.38. The molecule has 0 heterocycles. The van der Waals surface area contributed by atoms with E-state index in [2.05, 4.69) is 37.2 Å². The minimum absolute atomic E-state index is 0.0651. The molecule has 2 N–H and O–H groups in total. The van der Waals surface area contributed by atoms with E-state index in [4.69, 9.17) is 9.84 Å². The van der Waals surface area contributed by atoms with Gasteiger partial charge in [-0.3, -0.25) is 4.79 Å². The van der Waals surface area contributed by atoms with Crippen molar-refractivity contribution >= 4 is 43.5 Å². The monoisotopic (exact) mass is 473 g/mol. The van der Waals surface area contributed by atoms with Gasteiger partial charge in [0.15, 0.2) is 0 Å². The Labute approximate surface area is 162 Å². The molecule has 0 atom stereocenters. The zero-order chi connectivity index (χ0) is 18.4. The van der Waals surface area contributed by atoms with E-state index in [-0.39, 0.29) is 18.8 Å². The molecule has 0 bridgehead atoms. The van der Waals surface area contributed by atoms with Gasteiger partial charge in [-0.15, -0.1) is 0 Å². The van der Waals surface area contributed by atoms with Crippen LogP contribution in [0.4, 0.5) is 10.1 Å². The van der Waals surface area contributed by atoms with Crippen molar-refractivity contribution in [1.29, 1.82) is 0 Å². The van der Waals surface area contributed by atoms with Gasteiger partial charge in [0.1, 0.15) is 18.2 Å². The van der Waals surface area contributed by atoms with Crippen LogP contribution >= 0.6 is 31.9 Å². The lowest BCUT2D eigenvalue weighted by atomic mass is 10.1. The third kappa shape index (κ3) is 6.01. The number of aliphatic carboxylic acids is 1. The summed E-state index contributed by atoms with van der Waals surface area (Å²) in [6, 6.07) is 8.38. The number of carboxylic acids is 1. The highest BCUT2D eigenvalue weighted by Crippen LogP contribution is 2.35. The third-order valence-electron chi connectivity index (χ3n) is 3.41. The molecule has 0 aliphatic carbocycles. The molecule has 2 aromatic carbocycles. The van der Waals surface area contributed by atoms with Crippen LogP contribution in [0.5, 0.6) is 5.75 Å². The van der Waals surface area contributed by atoms with Crippen LogP contribution in [-0.2, 0) is 17.8 Å². The second-order valence-corrected chi connectivity index (χ2v) is 7.16. The van der Waals surface area contributed by atoms with Gasteiger partial charge in [-0.1, -0.05) is 0 Å². The van der Waals surface area contributed by atoms with Gasteiger partial charge in [-0.05, 0) is 86.7 Å². The van der Waals surface area contributed by atoms with Gasteiger partial charge in [0.2, 0.25) is 0 Å². The Morgan fingerprint density at radius 1 is 1.16 bits per heavy atom. The first kappa shape index (κ1) is 19.7. The predicted molar refractivity (Wildman–Crippen MR) is 103 cm³/mol. The van der Waals surface area contributed by atoms with E-state index < -0.39 is 5.97 Å². The van der Waals surface area contributed by atoms with Crippen LogP contribution in [0.2, 0.25) is 0 Å². The number of nitrogens with one attached hydrogen (secondary N) is 1. The molecule has 0 saturated heterocycles. The molecule has 0 aliphatic heterocycles. The van der Waals surface area contributed by atoms with Crippen molar-refractivity contribution in [3.63, 3.8) is 0 Å². The van der Waals surface area contributed by atoms with Crippen molar-refractivity contribution in [1.82, 2.24) is 0 Å². The van der Waals surface area contributed by atoms with Crippen LogP contribution in [0.3, 0.4) is 0 Å². The summed E-state index contributed by atoms with van der Waals surface area (Å²) in [5.41, 5.74) is 2.31. The highest BCUT2D eigenvalue weighted by atomic mass is 79.9. The maximum atomic E-state index is 13.7. The highest BCUT2D eigenvalue weighted by Gasteiger charge is 2.11. The fraction of sp³-hybridized carbons (Fsp3) is 0.278. The fourth-order valence-electron chi connectivity index (χ4n) is 2.34. The van der Waals surface area contributed by atoms with Crippen LogP contribution in [0.25, 0.3) is 0 Å². The van der Waals surface area contributed by atoms with E-state index in [0.29, 0.717) is 38.9 Å². The number of rotatable bonds is 8. The van der Waals surface area contributed by atoms with Gasteiger partial charge in [-0.2, -0.15) is 0 Å². The number of carboxylic acid groups (broad SMARTS) is 1. The number of halogens is 3. The minimum atomic E-state index is -0.838. The van der Waals surface area contributed by atoms with Gasteiger partial charge >= 0.3 is 5.97 Å². The first-order valence-electron chi connectivity index (χ1n) is 7.75. The first-order valence-corrected chi connectivity index (χ1v) is 9.33. The number of ether oxygens (including phenoxy) is 1. The lowest BCUT2D eigenvalue weighted by Gasteiger charge is -2.13. The highest BCUT2D eigenvalue weighted by molar-refractivity contribution is 9.11. The van der Waals surface area contributed by atoms with Crippen LogP contribution in [0.1, 0.15) is 24.5 Å². The molecule has 0 radical (unpaired) electrons. The molecule has 2 rings (SSSR count). The van der Waals surface area contributed by atoms with E-state index in [1.54, 1.807) is 0 Å². The van der Waals surface area contributed by atoms with E-state index in [9.17, 15) is 9.18 Å². The summed E-state index contributed by atoms with van der Waals surface area (Å²) < 4.78 is 20.9. The molecule has 0 saturated carbocycles. The topological polar surface area (TPSA) is 58.6 Å². The van der Waals surface area contributed by atoms with E-state index >= 15 is 0 Å².